The van der Waals surface area contributed by atoms with E-state index in [1.165, 1.54) is 0 Å². The Hall–Kier alpha value is -1.07. The summed E-state index contributed by atoms with van der Waals surface area (Å²) < 4.78 is 0. The second kappa shape index (κ2) is 3.35. The molecule has 13 heavy (non-hydrogen) atoms. The lowest BCUT2D eigenvalue weighted by Gasteiger charge is -2.14. The number of hydroxylamine groups is 1. The second-order valence-electron chi connectivity index (χ2n) is 2.70. The van der Waals surface area contributed by atoms with Gasteiger partial charge in [0, 0.05) is 12.6 Å². The summed E-state index contributed by atoms with van der Waals surface area (Å²) in [5, 5.41) is 2.00. The maximum atomic E-state index is 5.72. The topological polar surface area (TPSA) is 64.3 Å². The van der Waals surface area contributed by atoms with Gasteiger partial charge in [0.1, 0.15) is 5.15 Å². The first-order valence-corrected chi connectivity index (χ1v) is 4.34. The van der Waals surface area contributed by atoms with Crippen LogP contribution in [0.2, 0.25) is 5.15 Å². The Morgan fingerprint density at radius 1 is 1.54 bits per heavy atom. The number of anilines is 2. The van der Waals surface area contributed by atoms with Crippen LogP contribution in [0, 0.1) is 0 Å². The van der Waals surface area contributed by atoms with E-state index in [9.17, 15) is 0 Å². The molecule has 0 unspecified atom stereocenters. The van der Waals surface area contributed by atoms with Gasteiger partial charge >= 0.3 is 0 Å². The van der Waals surface area contributed by atoms with Crippen LogP contribution in [0.25, 0.3) is 0 Å². The van der Waals surface area contributed by atoms with Crippen LogP contribution in [0.5, 0.6) is 0 Å². The Morgan fingerprint density at radius 2 is 2.38 bits per heavy atom. The molecule has 1 aromatic heterocycles. The van der Waals surface area contributed by atoms with Gasteiger partial charge in [-0.1, -0.05) is 11.6 Å². The van der Waals surface area contributed by atoms with Gasteiger partial charge < -0.3 is 5.73 Å². The third-order valence-corrected chi connectivity index (χ3v) is 1.90. The minimum absolute atomic E-state index is 0.165. The molecule has 2 N–H and O–H groups in total. The lowest BCUT2D eigenvalue weighted by atomic mass is 10.4. The SMILES string of the molecule is Nc1nc(Cl)cc(N2CCCO2)n1. The van der Waals surface area contributed by atoms with Gasteiger partial charge in [-0.25, -0.2) is 10.0 Å². The normalized spacial score (nSPS) is 16.5. The molecule has 0 amide bonds. The lowest BCUT2D eigenvalue weighted by molar-refractivity contribution is 0.166. The molecule has 1 fully saturated rings. The monoisotopic (exact) mass is 200 g/mol. The Morgan fingerprint density at radius 3 is 3.00 bits per heavy atom. The molecule has 2 heterocycles. The van der Waals surface area contributed by atoms with Crippen LogP contribution >= 0.6 is 11.6 Å². The predicted molar refractivity (Wildman–Crippen MR) is 49.4 cm³/mol. The maximum Gasteiger partial charge on any atom is 0.223 e. The minimum Gasteiger partial charge on any atom is -0.368 e. The van der Waals surface area contributed by atoms with Crippen molar-refractivity contribution in [3.05, 3.63) is 11.2 Å². The zero-order chi connectivity index (χ0) is 9.26. The third-order valence-electron chi connectivity index (χ3n) is 1.71. The van der Waals surface area contributed by atoms with Gasteiger partial charge in [-0.3, -0.25) is 4.84 Å². The highest BCUT2D eigenvalue weighted by Gasteiger charge is 2.15. The van der Waals surface area contributed by atoms with E-state index in [-0.39, 0.29) is 5.95 Å². The molecule has 1 aliphatic heterocycles. The third kappa shape index (κ3) is 1.81. The highest BCUT2D eigenvalue weighted by Crippen LogP contribution is 2.19. The molecule has 1 aliphatic rings. The van der Waals surface area contributed by atoms with E-state index >= 15 is 0 Å². The highest BCUT2D eigenvalue weighted by atomic mass is 35.5. The van der Waals surface area contributed by atoms with E-state index < -0.39 is 0 Å². The fourth-order valence-electron chi connectivity index (χ4n) is 1.18. The van der Waals surface area contributed by atoms with Gasteiger partial charge in [0.2, 0.25) is 5.95 Å². The summed E-state index contributed by atoms with van der Waals surface area (Å²) >= 11 is 5.72. The van der Waals surface area contributed by atoms with Crippen LogP contribution in [0.3, 0.4) is 0 Å². The molecule has 6 heteroatoms. The number of nitrogens with zero attached hydrogens (tertiary/aromatic N) is 3. The molecule has 1 aromatic rings. The molecule has 0 aromatic carbocycles. The first-order valence-electron chi connectivity index (χ1n) is 3.96. The number of aromatic nitrogens is 2. The number of hydrogen-bond acceptors (Lipinski definition) is 5. The zero-order valence-electron chi connectivity index (χ0n) is 6.90. The lowest BCUT2D eigenvalue weighted by Crippen LogP contribution is -2.18. The fraction of sp³-hybridized carbons (Fsp3) is 0.429. The van der Waals surface area contributed by atoms with Gasteiger partial charge in [-0.2, -0.15) is 4.98 Å². The summed E-state index contributed by atoms with van der Waals surface area (Å²) in [6.07, 6.45) is 0.988. The summed E-state index contributed by atoms with van der Waals surface area (Å²) in [5.41, 5.74) is 5.44. The molecule has 70 valence electrons. The predicted octanol–water partition coefficient (Wildman–Crippen LogP) is 0.854. The van der Waals surface area contributed by atoms with Gasteiger partial charge in [-0.15, -0.1) is 0 Å². The van der Waals surface area contributed by atoms with Gasteiger partial charge in [0.25, 0.3) is 0 Å². The van der Waals surface area contributed by atoms with Gasteiger partial charge in [-0.05, 0) is 6.42 Å². The Kier molecular flexibility index (Phi) is 2.20. The molecule has 0 radical (unpaired) electrons. The molecular weight excluding hydrogens is 192 g/mol. The van der Waals surface area contributed by atoms with Crippen LogP contribution < -0.4 is 10.8 Å². The van der Waals surface area contributed by atoms with Crippen LogP contribution in [0.4, 0.5) is 11.8 Å². The Labute approximate surface area is 80.4 Å². The Balaban J connectivity index is 2.28. The smallest absolute Gasteiger partial charge is 0.223 e. The summed E-state index contributed by atoms with van der Waals surface area (Å²) in [5.74, 6) is 0.785. The van der Waals surface area contributed by atoms with E-state index in [0.717, 1.165) is 13.0 Å². The molecule has 0 saturated carbocycles. The number of rotatable bonds is 1. The van der Waals surface area contributed by atoms with Crippen molar-refractivity contribution in [3.8, 4) is 0 Å². The molecular formula is C7H9ClN4O. The molecule has 0 aliphatic carbocycles. The Bertz CT molecular complexity index is 293. The number of nitrogen functional groups attached to an aromatic ring is 1. The molecule has 5 nitrogen and oxygen atoms in total. The van der Waals surface area contributed by atoms with Crippen molar-refractivity contribution in [2.24, 2.45) is 0 Å². The van der Waals surface area contributed by atoms with Crippen LogP contribution in [-0.2, 0) is 4.84 Å². The van der Waals surface area contributed by atoms with Gasteiger partial charge in [0.05, 0.1) is 6.61 Å². The zero-order valence-corrected chi connectivity index (χ0v) is 7.66. The van der Waals surface area contributed by atoms with Gasteiger partial charge in [0.15, 0.2) is 5.82 Å². The maximum absolute atomic E-state index is 5.72. The highest BCUT2D eigenvalue weighted by molar-refractivity contribution is 6.29. The van der Waals surface area contributed by atoms with Crippen LogP contribution in [0.1, 0.15) is 6.42 Å². The van der Waals surface area contributed by atoms with Crippen molar-refractivity contribution < 1.29 is 4.84 Å². The van der Waals surface area contributed by atoms with Crippen molar-refractivity contribution in [3.63, 3.8) is 0 Å². The average molecular weight is 201 g/mol. The van der Waals surface area contributed by atoms with E-state index in [1.807, 2.05) is 0 Å². The second-order valence-corrected chi connectivity index (χ2v) is 3.08. The molecule has 0 atom stereocenters. The minimum atomic E-state index is 0.165. The standard InChI is InChI=1S/C7H9ClN4O/c8-5-4-6(11-7(9)10-5)12-2-1-3-13-12/h4H,1-3H2,(H2,9,10,11). The van der Waals surface area contributed by atoms with E-state index in [1.54, 1.807) is 11.1 Å². The first kappa shape index (κ1) is 8.52. The van der Waals surface area contributed by atoms with Crippen LogP contribution in [0.15, 0.2) is 6.07 Å². The summed E-state index contributed by atoms with van der Waals surface area (Å²) in [7, 11) is 0. The van der Waals surface area contributed by atoms with Crippen LogP contribution in [-0.4, -0.2) is 23.1 Å². The van der Waals surface area contributed by atoms with Crippen molar-refractivity contribution in [2.45, 2.75) is 6.42 Å². The number of halogens is 1. The summed E-state index contributed by atoms with van der Waals surface area (Å²) in [4.78, 5) is 13.0. The molecule has 1 saturated heterocycles. The van der Waals surface area contributed by atoms with E-state index in [2.05, 4.69) is 9.97 Å². The van der Waals surface area contributed by atoms with Crippen molar-refractivity contribution in [1.29, 1.82) is 0 Å². The fourth-order valence-corrected chi connectivity index (χ4v) is 1.36. The number of hydrogen-bond donors (Lipinski definition) is 1. The molecule has 2 rings (SSSR count). The van der Waals surface area contributed by atoms with Crippen molar-refractivity contribution in [1.82, 2.24) is 9.97 Å². The average Bonchev–Trinajstić information content (AvgIpc) is 2.53. The van der Waals surface area contributed by atoms with E-state index in [0.29, 0.717) is 17.6 Å². The summed E-state index contributed by atoms with van der Waals surface area (Å²) in [6.45, 7) is 1.52. The first-order chi connectivity index (χ1) is 6.25. The molecule has 0 bridgehead atoms. The molecule has 0 spiro atoms. The van der Waals surface area contributed by atoms with Crippen molar-refractivity contribution in [2.75, 3.05) is 23.9 Å². The largest absolute Gasteiger partial charge is 0.368 e. The summed E-state index contributed by atoms with van der Waals surface area (Å²) in [6, 6.07) is 1.63. The van der Waals surface area contributed by atoms with E-state index in [4.69, 9.17) is 22.2 Å². The quantitative estimate of drug-likeness (QED) is 0.681. The van der Waals surface area contributed by atoms with Crippen molar-refractivity contribution >= 4 is 23.4 Å². The number of nitrogens with two attached hydrogens (primary N) is 1.